The highest BCUT2D eigenvalue weighted by Gasteiger charge is 2.16. The summed E-state index contributed by atoms with van der Waals surface area (Å²) in [5.41, 5.74) is 1.30. The van der Waals surface area contributed by atoms with Crippen molar-refractivity contribution in [2.45, 2.75) is 19.4 Å². The Bertz CT molecular complexity index is 875. The fourth-order valence-electron chi connectivity index (χ4n) is 2.72. The predicted octanol–water partition coefficient (Wildman–Crippen LogP) is 2.62. The maximum atomic E-state index is 13.1. The molecule has 148 valence electrons. The highest BCUT2D eigenvalue weighted by molar-refractivity contribution is 6.32. The highest BCUT2D eigenvalue weighted by Crippen LogP contribution is 2.37. The van der Waals surface area contributed by atoms with Gasteiger partial charge in [0.15, 0.2) is 11.5 Å². The second-order valence-corrected chi connectivity index (χ2v) is 6.72. The van der Waals surface area contributed by atoms with Crippen LogP contribution in [0.2, 0.25) is 5.02 Å². The van der Waals surface area contributed by atoms with Crippen molar-refractivity contribution >= 4 is 23.4 Å². The molecule has 8 heteroatoms. The number of hydrogen-bond acceptors (Lipinski definition) is 4. The van der Waals surface area contributed by atoms with Crippen LogP contribution in [0.4, 0.5) is 4.39 Å². The van der Waals surface area contributed by atoms with Crippen LogP contribution < -0.4 is 20.1 Å². The summed E-state index contributed by atoms with van der Waals surface area (Å²) in [5.74, 6) is -0.0523. The van der Waals surface area contributed by atoms with E-state index in [1.807, 2.05) is 0 Å². The molecule has 1 aliphatic rings. The van der Waals surface area contributed by atoms with E-state index in [9.17, 15) is 14.0 Å². The van der Waals surface area contributed by atoms with E-state index in [4.69, 9.17) is 21.1 Å². The Morgan fingerprint density at radius 2 is 1.86 bits per heavy atom. The van der Waals surface area contributed by atoms with E-state index in [1.54, 1.807) is 18.2 Å². The molecule has 2 aromatic rings. The van der Waals surface area contributed by atoms with Crippen LogP contribution in [-0.2, 0) is 22.6 Å². The molecule has 0 saturated heterocycles. The van der Waals surface area contributed by atoms with Crippen molar-refractivity contribution in [1.29, 1.82) is 0 Å². The predicted molar refractivity (Wildman–Crippen MR) is 102 cm³/mol. The smallest absolute Gasteiger partial charge is 0.239 e. The van der Waals surface area contributed by atoms with Gasteiger partial charge in [-0.25, -0.2) is 4.39 Å². The number of benzene rings is 2. The normalized spacial score (nSPS) is 12.8. The number of carbonyl (C=O) groups excluding carboxylic acids is 2. The van der Waals surface area contributed by atoms with Crippen LogP contribution in [0.15, 0.2) is 36.4 Å². The minimum absolute atomic E-state index is 0.00279. The molecule has 0 aromatic heterocycles. The Labute approximate surface area is 167 Å². The monoisotopic (exact) mass is 406 g/mol. The topological polar surface area (TPSA) is 76.7 Å². The van der Waals surface area contributed by atoms with E-state index in [1.165, 1.54) is 18.2 Å². The van der Waals surface area contributed by atoms with Crippen LogP contribution in [0.1, 0.15) is 17.5 Å². The summed E-state index contributed by atoms with van der Waals surface area (Å²) in [6, 6.07) is 9.25. The van der Waals surface area contributed by atoms with Gasteiger partial charge in [-0.1, -0.05) is 23.7 Å². The first-order valence-electron chi connectivity index (χ1n) is 8.87. The lowest BCUT2D eigenvalue weighted by atomic mass is 10.1. The van der Waals surface area contributed by atoms with Crippen molar-refractivity contribution < 1.29 is 23.5 Å². The van der Waals surface area contributed by atoms with E-state index < -0.39 is 5.82 Å². The van der Waals surface area contributed by atoms with Crippen LogP contribution in [0, 0.1) is 5.82 Å². The van der Waals surface area contributed by atoms with Gasteiger partial charge in [0.25, 0.3) is 0 Å². The zero-order valence-corrected chi connectivity index (χ0v) is 15.9. The van der Waals surface area contributed by atoms with Crippen molar-refractivity contribution in [3.8, 4) is 11.5 Å². The van der Waals surface area contributed by atoms with Gasteiger partial charge >= 0.3 is 0 Å². The van der Waals surface area contributed by atoms with E-state index in [-0.39, 0.29) is 31.3 Å². The molecule has 0 aliphatic carbocycles. The summed E-state index contributed by atoms with van der Waals surface area (Å²) >= 11 is 6.22. The number of ether oxygens (including phenoxy) is 2. The molecular formula is C20H20ClFN2O4. The Kier molecular flexibility index (Phi) is 6.71. The summed E-state index contributed by atoms with van der Waals surface area (Å²) in [6.45, 7) is 1.13. The van der Waals surface area contributed by atoms with Gasteiger partial charge in [-0.2, -0.15) is 0 Å². The van der Waals surface area contributed by atoms with E-state index in [0.717, 1.165) is 12.0 Å². The van der Waals surface area contributed by atoms with Crippen molar-refractivity contribution in [2.75, 3.05) is 19.8 Å². The van der Waals surface area contributed by atoms with Crippen molar-refractivity contribution in [1.82, 2.24) is 10.6 Å². The lowest BCUT2D eigenvalue weighted by Crippen LogP contribution is -2.37. The van der Waals surface area contributed by atoms with Gasteiger partial charge in [0, 0.05) is 13.0 Å². The van der Waals surface area contributed by atoms with Crippen LogP contribution in [0.25, 0.3) is 0 Å². The van der Waals surface area contributed by atoms with E-state index in [0.29, 0.717) is 35.3 Å². The first-order valence-corrected chi connectivity index (χ1v) is 9.25. The second kappa shape index (κ2) is 9.41. The van der Waals surface area contributed by atoms with Gasteiger partial charge in [-0.05, 0) is 35.4 Å². The molecule has 1 heterocycles. The molecule has 0 unspecified atom stereocenters. The Hall–Kier alpha value is -2.80. The zero-order valence-electron chi connectivity index (χ0n) is 15.1. The molecule has 0 fully saturated rings. The molecular weight excluding hydrogens is 387 g/mol. The van der Waals surface area contributed by atoms with E-state index in [2.05, 4.69) is 10.6 Å². The molecule has 3 rings (SSSR count). The van der Waals surface area contributed by atoms with Gasteiger partial charge in [0.1, 0.15) is 5.82 Å². The Balaban J connectivity index is 1.47. The second-order valence-electron chi connectivity index (χ2n) is 6.32. The fourth-order valence-corrected chi connectivity index (χ4v) is 3.01. The summed E-state index contributed by atoms with van der Waals surface area (Å²) < 4.78 is 24.3. The third-order valence-corrected chi connectivity index (χ3v) is 4.33. The minimum Gasteiger partial charge on any atom is -0.489 e. The Morgan fingerprint density at radius 1 is 1.04 bits per heavy atom. The maximum Gasteiger partial charge on any atom is 0.239 e. The molecule has 0 saturated carbocycles. The molecule has 0 spiro atoms. The van der Waals surface area contributed by atoms with E-state index >= 15 is 0 Å². The number of nitrogens with one attached hydrogen (secondary N) is 2. The molecule has 6 nitrogen and oxygen atoms in total. The first kappa shape index (κ1) is 19.9. The average molecular weight is 407 g/mol. The molecule has 28 heavy (non-hydrogen) atoms. The largest absolute Gasteiger partial charge is 0.489 e. The third kappa shape index (κ3) is 5.60. The van der Waals surface area contributed by atoms with Gasteiger partial charge in [-0.15, -0.1) is 0 Å². The van der Waals surface area contributed by atoms with Gasteiger partial charge in [0.2, 0.25) is 11.8 Å². The lowest BCUT2D eigenvalue weighted by Gasteiger charge is -2.12. The zero-order chi connectivity index (χ0) is 19.9. The molecule has 2 aromatic carbocycles. The maximum absolute atomic E-state index is 13.1. The van der Waals surface area contributed by atoms with Gasteiger partial charge in [0.05, 0.1) is 31.2 Å². The number of rotatable bonds is 6. The van der Waals surface area contributed by atoms with Crippen LogP contribution in [0.3, 0.4) is 0 Å². The summed E-state index contributed by atoms with van der Waals surface area (Å²) in [4.78, 5) is 23.9. The number of hydrogen-bond donors (Lipinski definition) is 2. The van der Waals surface area contributed by atoms with Crippen LogP contribution in [-0.4, -0.2) is 31.6 Å². The molecule has 1 aliphatic heterocycles. The molecule has 0 radical (unpaired) electrons. The highest BCUT2D eigenvalue weighted by atomic mass is 35.5. The van der Waals surface area contributed by atoms with Crippen LogP contribution >= 0.6 is 11.6 Å². The minimum atomic E-state index is -0.406. The van der Waals surface area contributed by atoms with Crippen molar-refractivity contribution in [3.05, 3.63) is 58.4 Å². The fraction of sp³-hybridized carbons (Fsp3) is 0.300. The quantitative estimate of drug-likeness (QED) is 0.773. The third-order valence-electron chi connectivity index (χ3n) is 4.05. The summed E-state index contributed by atoms with van der Waals surface area (Å²) in [7, 11) is 0. The van der Waals surface area contributed by atoms with Crippen LogP contribution in [0.5, 0.6) is 11.5 Å². The number of halogens is 2. The molecule has 2 amide bonds. The Morgan fingerprint density at radius 3 is 2.68 bits per heavy atom. The van der Waals surface area contributed by atoms with Crippen molar-refractivity contribution in [3.63, 3.8) is 0 Å². The molecule has 0 atom stereocenters. The average Bonchev–Trinajstić information content (AvgIpc) is 2.90. The van der Waals surface area contributed by atoms with Gasteiger partial charge < -0.3 is 20.1 Å². The first-order chi connectivity index (χ1) is 13.5. The molecule has 0 bridgehead atoms. The number of fused-ring (bicyclic) bond motifs is 1. The SMILES string of the molecule is O=C(CNC(=O)Cc1cccc(F)c1)NCc1cc(Cl)c2c(c1)OCCCO2. The summed E-state index contributed by atoms with van der Waals surface area (Å²) in [5, 5.41) is 5.64. The summed E-state index contributed by atoms with van der Waals surface area (Å²) in [6.07, 6.45) is 0.773. The van der Waals surface area contributed by atoms with Gasteiger partial charge in [-0.3, -0.25) is 9.59 Å². The molecule has 2 N–H and O–H groups in total. The van der Waals surface area contributed by atoms with Crippen molar-refractivity contribution in [2.24, 2.45) is 0 Å². The number of carbonyl (C=O) groups is 2. The number of amides is 2. The standard InChI is InChI=1S/C20H20ClFN2O4/c21-16-8-14(9-17-20(16)28-6-2-5-27-17)11-23-19(26)12-24-18(25)10-13-3-1-4-15(22)7-13/h1,3-4,7-9H,2,5-6,10-12H2,(H,23,26)(H,24,25). The lowest BCUT2D eigenvalue weighted by molar-refractivity contribution is -0.125.